The molecule has 0 saturated carbocycles. The number of esters is 2. The van der Waals surface area contributed by atoms with Crippen molar-refractivity contribution in [3.63, 3.8) is 0 Å². The number of carbonyl (C=O) groups is 3. The summed E-state index contributed by atoms with van der Waals surface area (Å²) in [5, 5.41) is 5.54. The first kappa shape index (κ1) is 15.9. The summed E-state index contributed by atoms with van der Waals surface area (Å²) in [6, 6.07) is 15.6. The summed E-state index contributed by atoms with van der Waals surface area (Å²) in [6.07, 6.45) is 0. The molecular weight excluding hydrogens is 336 g/mol. The van der Waals surface area contributed by atoms with Crippen molar-refractivity contribution in [2.24, 2.45) is 0 Å². The van der Waals surface area contributed by atoms with Gasteiger partial charge in [-0.2, -0.15) is 0 Å². The van der Waals surface area contributed by atoms with Crippen LogP contribution in [-0.4, -0.2) is 25.0 Å². The predicted molar refractivity (Wildman–Crippen MR) is 91.9 cm³/mol. The van der Waals surface area contributed by atoms with Gasteiger partial charge >= 0.3 is 11.9 Å². The fourth-order valence-electron chi connectivity index (χ4n) is 3.23. The average Bonchev–Trinajstić information content (AvgIpc) is 3.10. The first-order valence-corrected chi connectivity index (χ1v) is 7.87. The molecule has 1 amide bonds. The molecule has 26 heavy (non-hydrogen) atoms. The summed E-state index contributed by atoms with van der Waals surface area (Å²) >= 11 is 0. The lowest BCUT2D eigenvalue weighted by molar-refractivity contribution is -0.156. The van der Waals surface area contributed by atoms with E-state index < -0.39 is 23.4 Å². The zero-order valence-corrected chi connectivity index (χ0v) is 13.7. The lowest BCUT2D eigenvalue weighted by Crippen LogP contribution is -2.39. The van der Waals surface area contributed by atoms with Crippen molar-refractivity contribution < 1.29 is 23.9 Å². The molecular formula is C19H14N2O5. The van der Waals surface area contributed by atoms with E-state index in [9.17, 15) is 14.4 Å². The van der Waals surface area contributed by atoms with Crippen LogP contribution in [0, 0.1) is 0 Å². The van der Waals surface area contributed by atoms with E-state index in [1.54, 1.807) is 48.5 Å². The Kier molecular flexibility index (Phi) is 3.50. The molecule has 7 heteroatoms. The number of carbonyl (C=O) groups excluding carboxylic acids is 3. The highest BCUT2D eigenvalue weighted by Crippen LogP contribution is 2.49. The van der Waals surface area contributed by atoms with E-state index in [0.717, 1.165) is 0 Å². The predicted octanol–water partition coefficient (Wildman–Crippen LogP) is 1.93. The van der Waals surface area contributed by atoms with E-state index in [4.69, 9.17) is 9.47 Å². The van der Waals surface area contributed by atoms with E-state index in [2.05, 4.69) is 10.6 Å². The molecule has 0 aliphatic carbocycles. The fraction of sp³-hybridized carbons (Fsp3) is 0.105. The molecule has 0 fully saturated rings. The van der Waals surface area contributed by atoms with Crippen molar-refractivity contribution in [1.29, 1.82) is 0 Å². The molecule has 130 valence electrons. The zero-order valence-electron chi connectivity index (χ0n) is 13.7. The molecule has 2 aliphatic rings. The van der Waals surface area contributed by atoms with Crippen LogP contribution >= 0.6 is 0 Å². The van der Waals surface area contributed by atoms with Gasteiger partial charge in [-0.1, -0.05) is 36.4 Å². The number of nitrogens with one attached hydrogen (secondary N) is 2. The molecule has 1 spiro atoms. The van der Waals surface area contributed by atoms with Gasteiger partial charge in [-0.15, -0.1) is 0 Å². The third kappa shape index (κ3) is 2.10. The second kappa shape index (κ2) is 5.73. The first-order valence-electron chi connectivity index (χ1n) is 7.87. The van der Waals surface area contributed by atoms with E-state index >= 15 is 0 Å². The van der Waals surface area contributed by atoms with Gasteiger partial charge in [0.1, 0.15) is 11.3 Å². The Hall–Kier alpha value is -3.61. The quantitative estimate of drug-likeness (QED) is 0.822. The van der Waals surface area contributed by atoms with E-state index in [-0.39, 0.29) is 11.3 Å². The highest BCUT2D eigenvalue weighted by atomic mass is 16.6. The molecule has 1 unspecified atom stereocenters. The maximum absolute atomic E-state index is 12.8. The lowest BCUT2D eigenvalue weighted by atomic mass is 9.87. The second-order valence-corrected chi connectivity index (χ2v) is 5.80. The maximum Gasteiger partial charge on any atom is 0.357 e. The van der Waals surface area contributed by atoms with Crippen molar-refractivity contribution in [2.75, 3.05) is 17.7 Å². The van der Waals surface area contributed by atoms with Crippen LogP contribution in [0.25, 0.3) is 0 Å². The van der Waals surface area contributed by atoms with Gasteiger partial charge in [0.05, 0.1) is 7.11 Å². The zero-order chi connectivity index (χ0) is 18.3. The molecule has 2 N–H and O–H groups in total. The highest BCUT2D eigenvalue weighted by Gasteiger charge is 2.62. The normalized spacial score (nSPS) is 20.7. The molecule has 2 aromatic rings. The van der Waals surface area contributed by atoms with E-state index in [1.807, 2.05) is 6.07 Å². The molecule has 1 atom stereocenters. The summed E-state index contributed by atoms with van der Waals surface area (Å²) in [7, 11) is 1.19. The minimum absolute atomic E-state index is 0.116. The summed E-state index contributed by atoms with van der Waals surface area (Å²) < 4.78 is 10.3. The first-order chi connectivity index (χ1) is 12.6. The fourth-order valence-corrected chi connectivity index (χ4v) is 3.23. The van der Waals surface area contributed by atoms with Crippen LogP contribution in [0.2, 0.25) is 0 Å². The summed E-state index contributed by atoms with van der Waals surface area (Å²) in [4.78, 5) is 37.9. The number of fused-ring (bicyclic) bond motifs is 2. The summed E-state index contributed by atoms with van der Waals surface area (Å²) in [5.74, 6) is -2.24. The lowest BCUT2D eigenvalue weighted by Gasteiger charge is -2.22. The van der Waals surface area contributed by atoms with Crippen LogP contribution in [-0.2, 0) is 29.5 Å². The third-order valence-electron chi connectivity index (χ3n) is 4.36. The molecule has 2 aliphatic heterocycles. The van der Waals surface area contributed by atoms with Crippen LogP contribution in [0.1, 0.15) is 5.56 Å². The van der Waals surface area contributed by atoms with Crippen LogP contribution < -0.4 is 10.6 Å². The van der Waals surface area contributed by atoms with E-state index in [0.29, 0.717) is 16.9 Å². The molecule has 2 aromatic carbocycles. The molecule has 0 radical (unpaired) electrons. The van der Waals surface area contributed by atoms with E-state index in [1.165, 1.54) is 7.11 Å². The Labute approximate surface area is 148 Å². The number of amides is 1. The second-order valence-electron chi connectivity index (χ2n) is 5.80. The van der Waals surface area contributed by atoms with Crippen LogP contribution in [0.4, 0.5) is 11.4 Å². The van der Waals surface area contributed by atoms with Crippen molar-refractivity contribution >= 4 is 29.2 Å². The SMILES string of the molecule is COC(=O)C1=C(Nc2ccccc2)C(=O)OC12C(=O)Nc1ccccc12. The highest BCUT2D eigenvalue weighted by molar-refractivity contribution is 6.19. The van der Waals surface area contributed by atoms with Gasteiger partial charge in [0.2, 0.25) is 0 Å². The smallest absolute Gasteiger partial charge is 0.357 e. The molecule has 2 heterocycles. The van der Waals surface area contributed by atoms with Gasteiger partial charge in [-0.25, -0.2) is 9.59 Å². The molecule has 4 rings (SSSR count). The molecule has 0 aromatic heterocycles. The number of hydrogen-bond donors (Lipinski definition) is 2. The Bertz CT molecular complexity index is 967. The molecule has 0 saturated heterocycles. The Morgan fingerprint density at radius 2 is 1.77 bits per heavy atom. The number of ether oxygens (including phenoxy) is 2. The average molecular weight is 350 g/mol. The Morgan fingerprint density at radius 3 is 2.50 bits per heavy atom. The van der Waals surface area contributed by atoms with Crippen LogP contribution in [0.5, 0.6) is 0 Å². The Morgan fingerprint density at radius 1 is 1.08 bits per heavy atom. The van der Waals surface area contributed by atoms with Crippen molar-refractivity contribution in [3.8, 4) is 0 Å². The third-order valence-corrected chi connectivity index (χ3v) is 4.36. The van der Waals surface area contributed by atoms with Crippen molar-refractivity contribution in [2.45, 2.75) is 5.60 Å². The number of methoxy groups -OCH3 is 1. The van der Waals surface area contributed by atoms with Crippen LogP contribution in [0.15, 0.2) is 65.9 Å². The monoisotopic (exact) mass is 350 g/mol. The Balaban J connectivity index is 1.93. The standard InChI is InChI=1S/C19H14N2O5/c1-25-16(22)14-15(20-11-7-3-2-4-8-11)17(23)26-19(14)12-9-5-6-10-13(12)21-18(19)24/h2-10,20H,1H3,(H,21,24). The number of benzene rings is 2. The topological polar surface area (TPSA) is 93.7 Å². The van der Waals surface area contributed by atoms with Gasteiger partial charge < -0.3 is 20.1 Å². The van der Waals surface area contributed by atoms with Gasteiger partial charge in [-0.3, -0.25) is 4.79 Å². The maximum atomic E-state index is 12.8. The minimum Gasteiger partial charge on any atom is -0.465 e. The number of para-hydroxylation sites is 2. The molecule has 7 nitrogen and oxygen atoms in total. The van der Waals surface area contributed by atoms with Crippen LogP contribution in [0.3, 0.4) is 0 Å². The van der Waals surface area contributed by atoms with Crippen molar-refractivity contribution in [1.82, 2.24) is 0 Å². The van der Waals surface area contributed by atoms with Gasteiger partial charge in [0, 0.05) is 16.9 Å². The van der Waals surface area contributed by atoms with Crippen molar-refractivity contribution in [3.05, 3.63) is 71.4 Å². The van der Waals surface area contributed by atoms with Gasteiger partial charge in [-0.05, 0) is 18.2 Å². The largest absolute Gasteiger partial charge is 0.465 e. The summed E-state index contributed by atoms with van der Waals surface area (Å²) in [5.41, 5.74) is -0.704. The molecule has 0 bridgehead atoms. The van der Waals surface area contributed by atoms with Gasteiger partial charge in [0.15, 0.2) is 0 Å². The number of anilines is 2. The number of rotatable bonds is 3. The summed E-state index contributed by atoms with van der Waals surface area (Å²) in [6.45, 7) is 0. The van der Waals surface area contributed by atoms with Gasteiger partial charge in [0.25, 0.3) is 11.5 Å². The number of hydrogen-bond acceptors (Lipinski definition) is 6. The minimum atomic E-state index is -1.86.